The molecule has 1 fully saturated rings. The molecule has 0 saturated heterocycles. The lowest BCUT2D eigenvalue weighted by Crippen LogP contribution is -2.20. The van der Waals surface area contributed by atoms with Crippen LogP contribution >= 0.6 is 11.3 Å². The minimum atomic E-state index is 0.405. The highest BCUT2D eigenvalue weighted by atomic mass is 32.1. The van der Waals surface area contributed by atoms with E-state index in [1.165, 1.54) is 24.2 Å². The molecule has 2 heterocycles. The molecule has 5 nitrogen and oxygen atoms in total. The molecule has 6 heteroatoms. The number of aromatic nitrogens is 3. The van der Waals surface area contributed by atoms with Crippen LogP contribution in [0.15, 0.2) is 16.2 Å². The van der Waals surface area contributed by atoms with Gasteiger partial charge in [-0.1, -0.05) is 5.16 Å². The Morgan fingerprint density at radius 1 is 1.33 bits per heavy atom. The molecule has 1 aliphatic carbocycles. The minimum absolute atomic E-state index is 0.405. The minimum Gasteiger partial charge on any atom is -0.339 e. The van der Waals surface area contributed by atoms with E-state index in [1.807, 2.05) is 0 Å². The molecular weight excluding hydrogens is 248 g/mol. The zero-order valence-electron chi connectivity index (χ0n) is 10.1. The summed E-state index contributed by atoms with van der Waals surface area (Å²) in [5.74, 6) is 2.51. The monoisotopic (exact) mass is 264 g/mol. The second-order valence-electron chi connectivity index (χ2n) is 4.78. The third kappa shape index (κ3) is 2.30. The molecule has 0 spiro atoms. The van der Waals surface area contributed by atoms with E-state index in [2.05, 4.69) is 15.1 Å². The van der Waals surface area contributed by atoms with Gasteiger partial charge >= 0.3 is 0 Å². The summed E-state index contributed by atoms with van der Waals surface area (Å²) in [5, 5.41) is 4.03. The topological polar surface area (TPSA) is 77.8 Å². The Kier molecular flexibility index (Phi) is 3.38. The molecule has 0 atom stereocenters. The van der Waals surface area contributed by atoms with E-state index >= 15 is 0 Å². The van der Waals surface area contributed by atoms with Crippen LogP contribution in [-0.2, 0) is 0 Å². The molecular formula is C12H16N4OS. The molecule has 96 valence electrons. The second kappa shape index (κ2) is 5.16. The quantitative estimate of drug-likeness (QED) is 0.921. The molecule has 2 aromatic heterocycles. The first kappa shape index (κ1) is 11.8. The third-order valence-electron chi connectivity index (χ3n) is 3.62. The van der Waals surface area contributed by atoms with Gasteiger partial charge in [-0.05, 0) is 38.1 Å². The first-order valence-electron chi connectivity index (χ1n) is 6.29. The van der Waals surface area contributed by atoms with Gasteiger partial charge in [-0.15, -0.1) is 11.3 Å². The SMILES string of the molecule is NCC1CCC(c2nc(-c3cncs3)no2)CC1. The number of hydrogen-bond acceptors (Lipinski definition) is 6. The van der Waals surface area contributed by atoms with Crippen LogP contribution in [0.1, 0.15) is 37.5 Å². The molecule has 0 aliphatic heterocycles. The zero-order valence-corrected chi connectivity index (χ0v) is 10.9. The molecule has 0 amide bonds. The number of rotatable bonds is 3. The van der Waals surface area contributed by atoms with Crippen LogP contribution in [0.5, 0.6) is 0 Å². The second-order valence-corrected chi connectivity index (χ2v) is 5.66. The van der Waals surface area contributed by atoms with Crippen LogP contribution in [0.3, 0.4) is 0 Å². The van der Waals surface area contributed by atoms with E-state index in [9.17, 15) is 0 Å². The van der Waals surface area contributed by atoms with E-state index in [1.54, 1.807) is 11.7 Å². The van der Waals surface area contributed by atoms with Gasteiger partial charge in [0.25, 0.3) is 0 Å². The average Bonchev–Trinajstić information content (AvgIpc) is 3.09. The van der Waals surface area contributed by atoms with E-state index in [4.69, 9.17) is 10.3 Å². The predicted molar refractivity (Wildman–Crippen MR) is 69.2 cm³/mol. The van der Waals surface area contributed by atoms with Gasteiger partial charge in [0.1, 0.15) is 0 Å². The van der Waals surface area contributed by atoms with Gasteiger partial charge in [0.2, 0.25) is 11.7 Å². The highest BCUT2D eigenvalue weighted by molar-refractivity contribution is 7.13. The summed E-state index contributed by atoms with van der Waals surface area (Å²) < 4.78 is 5.38. The average molecular weight is 264 g/mol. The normalized spacial score (nSPS) is 24.3. The fourth-order valence-electron chi connectivity index (χ4n) is 2.47. The van der Waals surface area contributed by atoms with Crippen LogP contribution in [0.25, 0.3) is 10.7 Å². The lowest BCUT2D eigenvalue weighted by molar-refractivity contribution is 0.275. The van der Waals surface area contributed by atoms with E-state index in [-0.39, 0.29) is 0 Å². The van der Waals surface area contributed by atoms with Crippen molar-refractivity contribution in [1.29, 1.82) is 0 Å². The first-order chi connectivity index (χ1) is 8.86. The zero-order chi connectivity index (χ0) is 12.4. The fraction of sp³-hybridized carbons (Fsp3) is 0.583. The molecule has 2 N–H and O–H groups in total. The van der Waals surface area contributed by atoms with Crippen molar-refractivity contribution in [2.75, 3.05) is 6.54 Å². The molecule has 0 aromatic carbocycles. The van der Waals surface area contributed by atoms with Gasteiger partial charge in [0.05, 0.1) is 10.4 Å². The molecule has 1 saturated carbocycles. The van der Waals surface area contributed by atoms with Crippen molar-refractivity contribution in [3.8, 4) is 10.7 Å². The summed E-state index contributed by atoms with van der Waals surface area (Å²) in [7, 11) is 0. The maximum atomic E-state index is 5.70. The van der Waals surface area contributed by atoms with Gasteiger partial charge in [-0.2, -0.15) is 4.98 Å². The molecule has 18 heavy (non-hydrogen) atoms. The van der Waals surface area contributed by atoms with Crippen LogP contribution in [0.4, 0.5) is 0 Å². The molecule has 3 rings (SSSR count). The van der Waals surface area contributed by atoms with Gasteiger partial charge < -0.3 is 10.3 Å². The van der Waals surface area contributed by atoms with Crippen molar-refractivity contribution in [3.05, 3.63) is 17.6 Å². The maximum absolute atomic E-state index is 5.70. The smallest absolute Gasteiger partial charge is 0.230 e. The van der Waals surface area contributed by atoms with Crippen molar-refractivity contribution < 1.29 is 4.52 Å². The van der Waals surface area contributed by atoms with Crippen molar-refractivity contribution in [3.63, 3.8) is 0 Å². The van der Waals surface area contributed by atoms with E-state index < -0.39 is 0 Å². The summed E-state index contributed by atoms with van der Waals surface area (Å²) >= 11 is 1.53. The van der Waals surface area contributed by atoms with E-state index in [0.717, 1.165) is 30.2 Å². The third-order valence-corrected chi connectivity index (χ3v) is 4.39. The van der Waals surface area contributed by atoms with Crippen molar-refractivity contribution in [2.45, 2.75) is 31.6 Å². The molecule has 0 bridgehead atoms. The van der Waals surface area contributed by atoms with Gasteiger partial charge in [0, 0.05) is 12.1 Å². The van der Waals surface area contributed by atoms with Gasteiger partial charge in [0.15, 0.2) is 0 Å². The van der Waals surface area contributed by atoms with Crippen LogP contribution < -0.4 is 5.73 Å². The number of thiazole rings is 1. The fourth-order valence-corrected chi connectivity index (χ4v) is 3.02. The maximum Gasteiger partial charge on any atom is 0.230 e. The lowest BCUT2D eigenvalue weighted by Gasteiger charge is -2.24. The summed E-state index contributed by atoms with van der Waals surface area (Å²) in [6, 6.07) is 0. The molecule has 1 aliphatic rings. The number of nitrogens with zero attached hydrogens (tertiary/aromatic N) is 3. The van der Waals surface area contributed by atoms with Crippen molar-refractivity contribution in [1.82, 2.24) is 15.1 Å². The predicted octanol–water partition coefficient (Wildman–Crippen LogP) is 2.43. The Morgan fingerprint density at radius 2 is 2.17 bits per heavy atom. The number of hydrogen-bond donors (Lipinski definition) is 1. The van der Waals surface area contributed by atoms with Crippen LogP contribution in [-0.4, -0.2) is 21.7 Å². The summed E-state index contributed by atoms with van der Waals surface area (Å²) in [5.41, 5.74) is 7.47. The lowest BCUT2D eigenvalue weighted by atomic mass is 9.82. The Hall–Kier alpha value is -1.27. The van der Waals surface area contributed by atoms with Crippen molar-refractivity contribution >= 4 is 11.3 Å². The van der Waals surface area contributed by atoms with E-state index in [0.29, 0.717) is 17.7 Å². The van der Waals surface area contributed by atoms with Crippen molar-refractivity contribution in [2.24, 2.45) is 11.7 Å². The van der Waals surface area contributed by atoms with Crippen LogP contribution in [0.2, 0.25) is 0 Å². The highest BCUT2D eigenvalue weighted by Crippen LogP contribution is 2.35. The highest BCUT2D eigenvalue weighted by Gasteiger charge is 2.26. The van der Waals surface area contributed by atoms with Gasteiger partial charge in [-0.25, -0.2) is 0 Å². The molecule has 2 aromatic rings. The Labute approximate surface area is 109 Å². The largest absolute Gasteiger partial charge is 0.339 e. The van der Waals surface area contributed by atoms with Gasteiger partial charge in [-0.3, -0.25) is 4.98 Å². The number of nitrogens with two attached hydrogens (primary N) is 1. The summed E-state index contributed by atoms with van der Waals surface area (Å²) in [4.78, 5) is 9.47. The Balaban J connectivity index is 1.71. The summed E-state index contributed by atoms with van der Waals surface area (Å²) in [6.45, 7) is 0.794. The molecule has 0 radical (unpaired) electrons. The Morgan fingerprint density at radius 3 is 2.83 bits per heavy atom. The first-order valence-corrected chi connectivity index (χ1v) is 7.17. The standard InChI is InChI=1S/C12H16N4OS/c13-5-8-1-3-9(4-2-8)12-15-11(16-17-12)10-6-14-7-18-10/h6-9H,1-5,13H2. The van der Waals surface area contributed by atoms with Crippen LogP contribution in [0, 0.1) is 5.92 Å². The molecule has 0 unspecified atom stereocenters. The summed E-state index contributed by atoms with van der Waals surface area (Å²) in [6.07, 6.45) is 6.31. The Bertz CT molecular complexity index is 488.